The van der Waals surface area contributed by atoms with E-state index in [0.717, 1.165) is 10.4 Å². The molecule has 0 spiro atoms. The second-order valence-corrected chi connectivity index (χ2v) is 7.05. The number of nitrogens with one attached hydrogen (secondary N) is 1. The highest BCUT2D eigenvalue weighted by Gasteiger charge is 2.27. The number of amides is 2. The van der Waals surface area contributed by atoms with Crippen LogP contribution >= 0.6 is 11.3 Å². The summed E-state index contributed by atoms with van der Waals surface area (Å²) < 4.78 is 4.96. The van der Waals surface area contributed by atoms with E-state index in [2.05, 4.69) is 11.4 Å². The van der Waals surface area contributed by atoms with E-state index in [0.29, 0.717) is 48.7 Å². The van der Waals surface area contributed by atoms with E-state index in [1.54, 1.807) is 36.3 Å². The van der Waals surface area contributed by atoms with Gasteiger partial charge in [-0.15, -0.1) is 11.3 Å². The van der Waals surface area contributed by atoms with Crippen molar-refractivity contribution in [1.29, 1.82) is 5.26 Å². The maximum Gasteiger partial charge on any atom is 0.256 e. The van der Waals surface area contributed by atoms with Crippen LogP contribution in [0, 0.1) is 11.3 Å². The highest BCUT2D eigenvalue weighted by molar-refractivity contribution is 7.16. The minimum Gasteiger partial charge on any atom is -0.384 e. The molecule has 0 saturated carbocycles. The molecule has 2 amide bonds. The van der Waals surface area contributed by atoms with Gasteiger partial charge in [-0.25, -0.2) is 0 Å². The highest BCUT2D eigenvalue weighted by Crippen LogP contribution is 2.37. The van der Waals surface area contributed by atoms with Gasteiger partial charge in [-0.2, -0.15) is 5.26 Å². The average Bonchev–Trinajstić information content (AvgIpc) is 3.02. The molecular formula is C19H19N3O3S. The summed E-state index contributed by atoms with van der Waals surface area (Å²) in [5, 5.41) is 12.9. The molecule has 2 aromatic rings. The van der Waals surface area contributed by atoms with Crippen molar-refractivity contribution in [3.05, 3.63) is 51.9 Å². The molecule has 0 radical (unpaired) electrons. The van der Waals surface area contributed by atoms with Gasteiger partial charge in [0.15, 0.2) is 0 Å². The lowest BCUT2D eigenvalue weighted by atomic mass is 10.0. The lowest BCUT2D eigenvalue weighted by Crippen LogP contribution is -2.35. The van der Waals surface area contributed by atoms with Crippen LogP contribution in [0.1, 0.15) is 32.8 Å². The summed E-state index contributed by atoms with van der Waals surface area (Å²) in [4.78, 5) is 27.3. The Hall–Kier alpha value is -2.69. The van der Waals surface area contributed by atoms with Gasteiger partial charge in [-0.05, 0) is 24.1 Å². The van der Waals surface area contributed by atoms with E-state index in [4.69, 9.17) is 4.74 Å². The molecule has 26 heavy (non-hydrogen) atoms. The monoisotopic (exact) mass is 369 g/mol. The van der Waals surface area contributed by atoms with E-state index in [1.165, 1.54) is 11.3 Å². The standard InChI is InChI=1S/C19H19N3O3S/c1-25-10-8-17(23)22-9-7-14-15(11-20)19(26-16(14)12-22)21-18(24)13-5-3-2-4-6-13/h2-6H,7-10,12H2,1H3,(H,21,24). The normalized spacial score (nSPS) is 13.0. The molecule has 1 aromatic carbocycles. The first kappa shape index (κ1) is 18.1. The average molecular weight is 369 g/mol. The number of carbonyl (C=O) groups is 2. The number of carbonyl (C=O) groups excluding carboxylic acids is 2. The smallest absolute Gasteiger partial charge is 0.256 e. The summed E-state index contributed by atoms with van der Waals surface area (Å²) >= 11 is 1.37. The van der Waals surface area contributed by atoms with Crippen molar-refractivity contribution in [2.24, 2.45) is 0 Å². The van der Waals surface area contributed by atoms with E-state index in [1.807, 2.05) is 6.07 Å². The Morgan fingerprint density at radius 2 is 2.12 bits per heavy atom. The van der Waals surface area contributed by atoms with Crippen molar-refractivity contribution >= 4 is 28.2 Å². The van der Waals surface area contributed by atoms with Crippen molar-refractivity contribution in [3.8, 4) is 6.07 Å². The molecule has 0 bridgehead atoms. The van der Waals surface area contributed by atoms with Gasteiger partial charge in [-0.1, -0.05) is 18.2 Å². The van der Waals surface area contributed by atoms with Gasteiger partial charge in [0.25, 0.3) is 5.91 Å². The third-order valence-electron chi connectivity index (χ3n) is 4.30. The van der Waals surface area contributed by atoms with Crippen LogP contribution in [0.25, 0.3) is 0 Å². The predicted molar refractivity (Wildman–Crippen MR) is 99.0 cm³/mol. The molecule has 0 saturated heterocycles. The molecule has 1 N–H and O–H groups in total. The second kappa shape index (κ2) is 8.13. The number of ether oxygens (including phenoxy) is 1. The lowest BCUT2D eigenvalue weighted by Gasteiger charge is -2.27. The molecule has 2 heterocycles. The number of nitrogens with zero attached hydrogens (tertiary/aromatic N) is 2. The minimum atomic E-state index is -0.242. The zero-order chi connectivity index (χ0) is 18.5. The van der Waals surface area contributed by atoms with Gasteiger partial charge in [0, 0.05) is 24.1 Å². The van der Waals surface area contributed by atoms with Crippen molar-refractivity contribution in [1.82, 2.24) is 4.90 Å². The molecule has 0 aliphatic carbocycles. The third kappa shape index (κ3) is 3.77. The summed E-state index contributed by atoms with van der Waals surface area (Å²) in [5.74, 6) is -0.201. The topological polar surface area (TPSA) is 82.4 Å². The largest absolute Gasteiger partial charge is 0.384 e. The zero-order valence-corrected chi connectivity index (χ0v) is 15.3. The molecule has 6 nitrogen and oxygen atoms in total. The van der Waals surface area contributed by atoms with Crippen LogP contribution in [-0.4, -0.2) is 37.0 Å². The Morgan fingerprint density at radius 1 is 1.35 bits per heavy atom. The van der Waals surface area contributed by atoms with Gasteiger partial charge in [0.05, 0.1) is 25.1 Å². The number of fused-ring (bicyclic) bond motifs is 1. The number of nitriles is 1. The Balaban J connectivity index is 1.78. The Morgan fingerprint density at radius 3 is 2.81 bits per heavy atom. The molecule has 0 atom stereocenters. The van der Waals surface area contributed by atoms with Gasteiger partial charge in [-0.3, -0.25) is 9.59 Å². The third-order valence-corrected chi connectivity index (χ3v) is 5.44. The first-order valence-electron chi connectivity index (χ1n) is 8.31. The van der Waals surface area contributed by atoms with E-state index < -0.39 is 0 Å². The molecule has 0 fully saturated rings. The van der Waals surface area contributed by atoms with Crippen LogP contribution in [0.4, 0.5) is 5.00 Å². The fourth-order valence-electron chi connectivity index (χ4n) is 2.94. The maximum atomic E-state index is 12.4. The van der Waals surface area contributed by atoms with Crippen molar-refractivity contribution < 1.29 is 14.3 Å². The van der Waals surface area contributed by atoms with Gasteiger partial charge >= 0.3 is 0 Å². The Labute approximate surface area is 156 Å². The number of thiophene rings is 1. The van der Waals surface area contributed by atoms with Gasteiger partial charge in [0.1, 0.15) is 11.1 Å². The first-order chi connectivity index (χ1) is 12.6. The maximum absolute atomic E-state index is 12.4. The summed E-state index contributed by atoms with van der Waals surface area (Å²) in [6, 6.07) is 11.1. The van der Waals surface area contributed by atoms with Crippen LogP contribution in [-0.2, 0) is 22.5 Å². The van der Waals surface area contributed by atoms with E-state index in [9.17, 15) is 14.9 Å². The number of hydrogen-bond donors (Lipinski definition) is 1. The van der Waals surface area contributed by atoms with Crippen molar-refractivity contribution in [3.63, 3.8) is 0 Å². The predicted octanol–water partition coefficient (Wildman–Crippen LogP) is 2.79. The molecule has 0 unspecified atom stereocenters. The number of benzene rings is 1. The quantitative estimate of drug-likeness (QED) is 0.878. The summed E-state index contributed by atoms with van der Waals surface area (Å²) in [7, 11) is 1.57. The number of rotatable bonds is 5. The van der Waals surface area contributed by atoms with Gasteiger partial charge < -0.3 is 15.0 Å². The molecule has 1 aliphatic heterocycles. The van der Waals surface area contributed by atoms with Crippen molar-refractivity contribution in [2.75, 3.05) is 25.6 Å². The van der Waals surface area contributed by atoms with Gasteiger partial charge in [0.2, 0.25) is 5.91 Å². The molecule has 134 valence electrons. The van der Waals surface area contributed by atoms with Crippen LogP contribution in [0.2, 0.25) is 0 Å². The van der Waals surface area contributed by atoms with E-state index >= 15 is 0 Å². The summed E-state index contributed by atoms with van der Waals surface area (Å²) in [6.07, 6.45) is 0.967. The highest BCUT2D eigenvalue weighted by atomic mass is 32.1. The van der Waals surface area contributed by atoms with E-state index in [-0.39, 0.29) is 11.8 Å². The number of methoxy groups -OCH3 is 1. The van der Waals surface area contributed by atoms with Crippen LogP contribution in [0.15, 0.2) is 30.3 Å². The second-order valence-electron chi connectivity index (χ2n) is 5.95. The van der Waals surface area contributed by atoms with Crippen molar-refractivity contribution in [2.45, 2.75) is 19.4 Å². The Bertz CT molecular complexity index is 855. The zero-order valence-electron chi connectivity index (χ0n) is 14.4. The van der Waals surface area contributed by atoms with Crippen LogP contribution in [0.3, 0.4) is 0 Å². The Kier molecular flexibility index (Phi) is 5.66. The molecular weight excluding hydrogens is 350 g/mol. The van der Waals surface area contributed by atoms with Crippen LogP contribution in [0.5, 0.6) is 0 Å². The minimum absolute atomic E-state index is 0.0410. The molecule has 1 aromatic heterocycles. The summed E-state index contributed by atoms with van der Waals surface area (Å²) in [5.41, 5.74) is 1.99. The SMILES string of the molecule is COCCC(=O)N1CCc2c(sc(NC(=O)c3ccccc3)c2C#N)C1. The fourth-order valence-corrected chi connectivity index (χ4v) is 4.14. The van der Waals surface area contributed by atoms with Crippen LogP contribution < -0.4 is 5.32 Å². The molecule has 3 rings (SSSR count). The number of anilines is 1. The molecule has 1 aliphatic rings. The molecule has 7 heteroatoms. The summed E-state index contributed by atoms with van der Waals surface area (Å²) in [6.45, 7) is 1.44. The first-order valence-corrected chi connectivity index (χ1v) is 9.13. The lowest BCUT2D eigenvalue weighted by molar-refractivity contribution is -0.133. The number of hydrogen-bond acceptors (Lipinski definition) is 5. The fraction of sp³-hybridized carbons (Fsp3) is 0.316.